The summed E-state index contributed by atoms with van der Waals surface area (Å²) in [6.45, 7) is 0. The van der Waals surface area contributed by atoms with Gasteiger partial charge in [-0.1, -0.05) is 121 Å². The largest absolute Gasteiger partial charge is 0.208 e. The van der Waals surface area contributed by atoms with E-state index < -0.39 is 0 Å². The van der Waals surface area contributed by atoms with Gasteiger partial charge in [-0.05, 0) is 63.0 Å². The van der Waals surface area contributed by atoms with Gasteiger partial charge in [0, 0.05) is 36.9 Å². The van der Waals surface area contributed by atoms with Crippen molar-refractivity contribution in [3.8, 4) is 45.3 Å². The Bertz CT molecular complexity index is 2530. The first-order chi connectivity index (χ1) is 22.3. The summed E-state index contributed by atoms with van der Waals surface area (Å²) >= 11 is 1.83. The lowest BCUT2D eigenvalue weighted by Gasteiger charge is -2.10. The van der Waals surface area contributed by atoms with Gasteiger partial charge in [0.2, 0.25) is 0 Å². The lowest BCUT2D eigenvalue weighted by atomic mass is 10.00. The highest BCUT2D eigenvalue weighted by atomic mass is 32.1. The van der Waals surface area contributed by atoms with Crippen molar-refractivity contribution in [3.05, 3.63) is 152 Å². The van der Waals surface area contributed by atoms with E-state index >= 15 is 0 Å². The van der Waals surface area contributed by atoms with Crippen LogP contribution in [0.25, 0.3) is 87.0 Å². The van der Waals surface area contributed by atoms with Gasteiger partial charge >= 0.3 is 0 Å². The van der Waals surface area contributed by atoms with Crippen LogP contribution < -0.4 is 0 Å². The van der Waals surface area contributed by atoms with E-state index in [1.807, 2.05) is 41.7 Å². The molecule has 0 radical (unpaired) electrons. The normalized spacial score (nSPS) is 11.6. The van der Waals surface area contributed by atoms with E-state index in [9.17, 15) is 0 Å². The van der Waals surface area contributed by atoms with Crippen LogP contribution in [0.1, 0.15) is 0 Å². The summed E-state index contributed by atoms with van der Waals surface area (Å²) in [6, 6.07) is 53.4. The zero-order chi connectivity index (χ0) is 29.7. The molecule has 3 nitrogen and oxygen atoms in total. The van der Waals surface area contributed by atoms with E-state index in [0.29, 0.717) is 17.5 Å². The van der Waals surface area contributed by atoms with Crippen LogP contribution >= 0.6 is 11.3 Å². The van der Waals surface area contributed by atoms with E-state index in [-0.39, 0.29) is 0 Å². The molecule has 2 heterocycles. The highest BCUT2D eigenvalue weighted by molar-refractivity contribution is 7.26. The van der Waals surface area contributed by atoms with Gasteiger partial charge in [-0.3, -0.25) is 0 Å². The molecule has 0 unspecified atom stereocenters. The van der Waals surface area contributed by atoms with Crippen molar-refractivity contribution in [3.63, 3.8) is 0 Å². The second-order valence-electron chi connectivity index (χ2n) is 11.3. The monoisotopic (exact) mass is 591 g/mol. The Labute approximate surface area is 264 Å². The van der Waals surface area contributed by atoms with Crippen LogP contribution in [0.5, 0.6) is 0 Å². The van der Waals surface area contributed by atoms with Gasteiger partial charge in [0.15, 0.2) is 17.5 Å². The van der Waals surface area contributed by atoms with Crippen LogP contribution in [0.15, 0.2) is 152 Å². The fourth-order valence-electron chi connectivity index (χ4n) is 6.22. The van der Waals surface area contributed by atoms with Gasteiger partial charge in [-0.2, -0.15) is 0 Å². The molecule has 0 saturated carbocycles. The minimum absolute atomic E-state index is 0.657. The third-order valence-electron chi connectivity index (χ3n) is 8.51. The average Bonchev–Trinajstić information content (AvgIpc) is 3.50. The number of nitrogens with zero attached hydrogens (tertiary/aromatic N) is 3. The molecular formula is C41H25N3S. The van der Waals surface area contributed by atoms with E-state index in [2.05, 4.69) is 121 Å². The molecular weight excluding hydrogens is 567 g/mol. The molecule has 0 amide bonds. The lowest BCUT2D eigenvalue weighted by molar-refractivity contribution is 1.07. The Kier molecular flexibility index (Phi) is 6.00. The maximum absolute atomic E-state index is 5.06. The molecule has 210 valence electrons. The number of benzene rings is 7. The van der Waals surface area contributed by atoms with Crippen molar-refractivity contribution < 1.29 is 0 Å². The Morgan fingerprint density at radius 1 is 0.333 bits per heavy atom. The summed E-state index contributed by atoms with van der Waals surface area (Å²) < 4.78 is 2.54. The highest BCUT2D eigenvalue weighted by Gasteiger charge is 2.15. The first-order valence-electron chi connectivity index (χ1n) is 15.0. The molecule has 45 heavy (non-hydrogen) atoms. The van der Waals surface area contributed by atoms with Crippen molar-refractivity contribution in [1.29, 1.82) is 0 Å². The minimum atomic E-state index is 0.657. The Hall–Kier alpha value is -5.71. The maximum atomic E-state index is 5.06. The number of aromatic nitrogens is 3. The van der Waals surface area contributed by atoms with Gasteiger partial charge in [-0.25, -0.2) is 15.0 Å². The van der Waals surface area contributed by atoms with Crippen molar-refractivity contribution in [2.75, 3.05) is 0 Å². The summed E-state index contributed by atoms with van der Waals surface area (Å²) in [5, 5.41) is 7.51. The molecule has 9 aromatic rings. The zero-order valence-electron chi connectivity index (χ0n) is 24.2. The van der Waals surface area contributed by atoms with Crippen LogP contribution in [0.2, 0.25) is 0 Å². The summed E-state index contributed by atoms with van der Waals surface area (Å²) in [5.41, 5.74) is 5.23. The Balaban J connectivity index is 1.18. The van der Waals surface area contributed by atoms with E-state index in [0.717, 1.165) is 22.3 Å². The summed E-state index contributed by atoms with van der Waals surface area (Å²) in [5.74, 6) is 1.98. The number of rotatable bonds is 4. The third-order valence-corrected chi connectivity index (χ3v) is 9.65. The van der Waals surface area contributed by atoms with Crippen LogP contribution in [0, 0.1) is 0 Å². The molecule has 7 aromatic carbocycles. The van der Waals surface area contributed by atoms with Crippen LogP contribution in [0.3, 0.4) is 0 Å². The minimum Gasteiger partial charge on any atom is -0.208 e. The zero-order valence-corrected chi connectivity index (χ0v) is 25.0. The highest BCUT2D eigenvalue weighted by Crippen LogP contribution is 2.40. The van der Waals surface area contributed by atoms with Crippen LogP contribution in [0.4, 0.5) is 0 Å². The van der Waals surface area contributed by atoms with Gasteiger partial charge < -0.3 is 0 Å². The number of thiophene rings is 1. The summed E-state index contributed by atoms with van der Waals surface area (Å²) in [4.78, 5) is 15.0. The molecule has 2 aromatic heterocycles. The molecule has 0 aliphatic rings. The predicted octanol–water partition coefficient (Wildman–Crippen LogP) is 11.2. The van der Waals surface area contributed by atoms with Gasteiger partial charge in [0.05, 0.1) is 0 Å². The second kappa shape index (κ2) is 10.5. The summed E-state index contributed by atoms with van der Waals surface area (Å²) in [7, 11) is 0. The van der Waals surface area contributed by atoms with E-state index in [4.69, 9.17) is 15.0 Å². The molecule has 0 aliphatic carbocycles. The molecule has 0 fully saturated rings. The fraction of sp³-hybridized carbons (Fsp3) is 0. The molecule has 0 spiro atoms. The topological polar surface area (TPSA) is 38.7 Å². The first-order valence-corrected chi connectivity index (χ1v) is 15.8. The lowest BCUT2D eigenvalue weighted by Crippen LogP contribution is -2.00. The van der Waals surface area contributed by atoms with Gasteiger partial charge in [0.1, 0.15) is 0 Å². The number of fused-ring (bicyclic) bond motifs is 6. The van der Waals surface area contributed by atoms with Crippen molar-refractivity contribution in [2.24, 2.45) is 0 Å². The fourth-order valence-corrected chi connectivity index (χ4v) is 7.32. The molecule has 0 N–H and O–H groups in total. The number of hydrogen-bond donors (Lipinski definition) is 0. The second-order valence-corrected chi connectivity index (χ2v) is 12.4. The van der Waals surface area contributed by atoms with Crippen molar-refractivity contribution >= 4 is 53.1 Å². The average molecular weight is 592 g/mol. The SMILES string of the molecule is c1ccc(-c2nc(-c3ccc(-c4ccc5ccccc5c4)cc3)nc(-c3ccc4sc5ccc6ccccc6c5c4c3)n2)cc1. The van der Waals surface area contributed by atoms with Crippen molar-refractivity contribution in [1.82, 2.24) is 15.0 Å². The molecule has 0 saturated heterocycles. The molecule has 0 bridgehead atoms. The van der Waals surface area contributed by atoms with Crippen molar-refractivity contribution in [2.45, 2.75) is 0 Å². The smallest absolute Gasteiger partial charge is 0.164 e. The third kappa shape index (κ3) is 4.55. The molecule has 0 atom stereocenters. The Morgan fingerprint density at radius 2 is 0.889 bits per heavy atom. The van der Waals surface area contributed by atoms with Gasteiger partial charge in [-0.15, -0.1) is 11.3 Å². The molecule has 9 rings (SSSR count). The van der Waals surface area contributed by atoms with Gasteiger partial charge in [0.25, 0.3) is 0 Å². The molecule has 4 heteroatoms. The molecule has 0 aliphatic heterocycles. The standard InChI is InChI=1S/C41H25N3S/c1-2-10-29(11-3-1)39-42-40(30-17-14-27(15-18-30)32-19-16-26-8-4-5-12-31(26)24-32)44-41(43-39)33-21-22-36-35(25-33)38-34-13-7-6-9-28(34)20-23-37(38)45-36/h1-25H. The quantitative estimate of drug-likeness (QED) is 0.204. The number of hydrogen-bond acceptors (Lipinski definition) is 4. The summed E-state index contributed by atoms with van der Waals surface area (Å²) in [6.07, 6.45) is 0. The first kappa shape index (κ1) is 25.8. The van der Waals surface area contributed by atoms with E-state index in [1.165, 1.54) is 47.3 Å². The van der Waals surface area contributed by atoms with E-state index in [1.54, 1.807) is 0 Å². The predicted molar refractivity (Wildman–Crippen MR) is 189 cm³/mol. The Morgan fingerprint density at radius 3 is 1.69 bits per heavy atom. The maximum Gasteiger partial charge on any atom is 0.164 e. The van der Waals surface area contributed by atoms with Crippen LogP contribution in [-0.2, 0) is 0 Å². The van der Waals surface area contributed by atoms with Crippen LogP contribution in [-0.4, -0.2) is 15.0 Å².